The Morgan fingerprint density at radius 3 is 2.17 bits per heavy atom. The molecule has 0 heterocycles. The summed E-state index contributed by atoms with van der Waals surface area (Å²) in [7, 11) is -3.77. The summed E-state index contributed by atoms with van der Waals surface area (Å²) >= 11 is 0. The van der Waals surface area contributed by atoms with Crippen LogP contribution in [0.25, 0.3) is 0 Å². The standard InChI is InChI=1S/C30H28N2O3S/c33-30(31-29-17-9-11-24-10-7-8-16-28(24)29)25-20-18-23(19-21-25)22-32(26-12-3-1-4-13-26)36(34,35)27-14-5-2-6-15-27/h1-8,10,12-16,18-21,29H,9,11,17,22H2,(H,31,33)/t29-/m1/s1. The van der Waals surface area contributed by atoms with Gasteiger partial charge in [0.1, 0.15) is 0 Å². The Kier molecular flexibility index (Phi) is 6.87. The first-order chi connectivity index (χ1) is 17.5. The Hall–Kier alpha value is -3.90. The van der Waals surface area contributed by atoms with Crippen molar-refractivity contribution in [2.45, 2.75) is 36.7 Å². The predicted octanol–water partition coefficient (Wildman–Crippen LogP) is 5.89. The molecule has 1 aliphatic rings. The number of anilines is 1. The Labute approximate surface area is 212 Å². The normalized spacial score (nSPS) is 15.1. The van der Waals surface area contributed by atoms with Crippen molar-refractivity contribution in [2.75, 3.05) is 4.31 Å². The molecule has 0 spiro atoms. The number of aryl methyl sites for hydroxylation is 1. The maximum Gasteiger partial charge on any atom is 0.264 e. The van der Waals surface area contributed by atoms with E-state index in [0.29, 0.717) is 11.3 Å². The Bertz CT molecular complexity index is 1440. The number of carbonyl (C=O) groups is 1. The number of hydrogen-bond acceptors (Lipinski definition) is 3. The zero-order valence-electron chi connectivity index (χ0n) is 19.9. The summed E-state index contributed by atoms with van der Waals surface area (Å²) in [5.74, 6) is -0.125. The van der Waals surface area contributed by atoms with E-state index in [2.05, 4.69) is 17.4 Å². The molecule has 0 radical (unpaired) electrons. The number of hydrogen-bond donors (Lipinski definition) is 1. The van der Waals surface area contributed by atoms with Crippen molar-refractivity contribution < 1.29 is 13.2 Å². The molecule has 0 fully saturated rings. The van der Waals surface area contributed by atoms with Crippen molar-refractivity contribution in [3.05, 3.63) is 131 Å². The second-order valence-corrected chi connectivity index (χ2v) is 10.8. The van der Waals surface area contributed by atoms with Crippen molar-refractivity contribution >= 4 is 21.6 Å². The molecule has 5 rings (SSSR count). The fraction of sp³-hybridized carbons (Fsp3) is 0.167. The van der Waals surface area contributed by atoms with Crippen LogP contribution in [0.15, 0.2) is 114 Å². The summed E-state index contributed by atoms with van der Waals surface area (Å²) in [6.45, 7) is 0.152. The Morgan fingerprint density at radius 1 is 0.806 bits per heavy atom. The quantitative estimate of drug-likeness (QED) is 0.347. The van der Waals surface area contributed by atoms with E-state index in [0.717, 1.165) is 24.8 Å². The summed E-state index contributed by atoms with van der Waals surface area (Å²) < 4.78 is 28.4. The summed E-state index contributed by atoms with van der Waals surface area (Å²) in [6, 6.07) is 32.9. The molecule has 4 aromatic rings. The van der Waals surface area contributed by atoms with Crippen LogP contribution in [0, 0.1) is 0 Å². The number of rotatable bonds is 7. The van der Waals surface area contributed by atoms with Crippen LogP contribution in [0.2, 0.25) is 0 Å². The number of sulfonamides is 1. The van der Waals surface area contributed by atoms with E-state index >= 15 is 0 Å². The fourth-order valence-corrected chi connectivity index (χ4v) is 6.18. The van der Waals surface area contributed by atoms with E-state index in [9.17, 15) is 13.2 Å². The summed E-state index contributed by atoms with van der Waals surface area (Å²) in [6.07, 6.45) is 3.01. The highest BCUT2D eigenvalue weighted by Crippen LogP contribution is 2.30. The molecule has 0 aromatic heterocycles. The van der Waals surface area contributed by atoms with Crippen LogP contribution in [0.3, 0.4) is 0 Å². The molecule has 0 saturated heterocycles. The third-order valence-electron chi connectivity index (χ3n) is 6.59. The molecular weight excluding hydrogens is 468 g/mol. The van der Waals surface area contributed by atoms with Gasteiger partial charge in [-0.25, -0.2) is 8.42 Å². The summed E-state index contributed by atoms with van der Waals surface area (Å²) in [5.41, 5.74) is 4.42. The van der Waals surface area contributed by atoms with Crippen LogP contribution < -0.4 is 9.62 Å². The van der Waals surface area contributed by atoms with Crippen LogP contribution in [0.5, 0.6) is 0 Å². The van der Waals surface area contributed by atoms with Gasteiger partial charge < -0.3 is 5.32 Å². The number of amides is 1. The first-order valence-corrected chi connectivity index (χ1v) is 13.6. The molecule has 0 bridgehead atoms. The SMILES string of the molecule is O=C(N[C@@H]1CCCc2ccccc21)c1ccc(CN(c2ccccc2)S(=O)(=O)c2ccccc2)cc1. The van der Waals surface area contributed by atoms with E-state index in [-0.39, 0.29) is 23.4 Å². The number of para-hydroxylation sites is 1. The number of fused-ring (bicyclic) bond motifs is 1. The van der Waals surface area contributed by atoms with Gasteiger partial charge in [0.05, 0.1) is 23.2 Å². The van der Waals surface area contributed by atoms with Crippen LogP contribution in [-0.4, -0.2) is 14.3 Å². The molecule has 36 heavy (non-hydrogen) atoms. The Balaban J connectivity index is 1.35. The molecule has 6 heteroatoms. The minimum Gasteiger partial charge on any atom is -0.345 e. The van der Waals surface area contributed by atoms with Gasteiger partial charge in [-0.1, -0.05) is 72.8 Å². The minimum absolute atomic E-state index is 0.00622. The second-order valence-electron chi connectivity index (χ2n) is 8.97. The van der Waals surface area contributed by atoms with Crippen molar-refractivity contribution in [3.8, 4) is 0 Å². The molecule has 1 N–H and O–H groups in total. The molecule has 1 atom stereocenters. The van der Waals surface area contributed by atoms with Gasteiger partial charge in [0.2, 0.25) is 0 Å². The van der Waals surface area contributed by atoms with Gasteiger partial charge in [0.15, 0.2) is 0 Å². The molecule has 0 aliphatic heterocycles. The molecule has 5 nitrogen and oxygen atoms in total. The lowest BCUT2D eigenvalue weighted by molar-refractivity contribution is 0.0932. The van der Waals surface area contributed by atoms with Crippen molar-refractivity contribution in [1.29, 1.82) is 0 Å². The van der Waals surface area contributed by atoms with Crippen LogP contribution in [0.1, 0.15) is 45.9 Å². The first-order valence-electron chi connectivity index (χ1n) is 12.1. The number of nitrogens with zero attached hydrogens (tertiary/aromatic N) is 1. The molecule has 182 valence electrons. The lowest BCUT2D eigenvalue weighted by atomic mass is 9.87. The molecule has 4 aromatic carbocycles. The zero-order chi connectivity index (χ0) is 25.0. The number of nitrogens with one attached hydrogen (secondary N) is 1. The van der Waals surface area contributed by atoms with E-state index < -0.39 is 10.0 Å². The topological polar surface area (TPSA) is 66.5 Å². The monoisotopic (exact) mass is 496 g/mol. The Morgan fingerprint density at radius 2 is 1.44 bits per heavy atom. The first kappa shape index (κ1) is 23.8. The predicted molar refractivity (Wildman–Crippen MR) is 142 cm³/mol. The third kappa shape index (κ3) is 5.04. The lowest BCUT2D eigenvalue weighted by Crippen LogP contribution is -2.31. The molecular formula is C30H28N2O3S. The molecule has 1 amide bonds. The van der Waals surface area contributed by atoms with Crippen LogP contribution in [0.4, 0.5) is 5.69 Å². The highest BCUT2D eigenvalue weighted by atomic mass is 32.2. The van der Waals surface area contributed by atoms with Gasteiger partial charge in [-0.3, -0.25) is 9.10 Å². The lowest BCUT2D eigenvalue weighted by Gasteiger charge is -2.26. The van der Waals surface area contributed by atoms with E-state index in [1.165, 1.54) is 15.4 Å². The van der Waals surface area contributed by atoms with Crippen LogP contribution >= 0.6 is 0 Å². The van der Waals surface area contributed by atoms with Gasteiger partial charge in [-0.15, -0.1) is 0 Å². The van der Waals surface area contributed by atoms with Gasteiger partial charge in [0, 0.05) is 5.56 Å². The zero-order valence-corrected chi connectivity index (χ0v) is 20.7. The largest absolute Gasteiger partial charge is 0.345 e. The average molecular weight is 497 g/mol. The highest BCUT2D eigenvalue weighted by Gasteiger charge is 2.25. The van der Waals surface area contributed by atoms with E-state index in [1.807, 2.05) is 42.5 Å². The molecule has 0 unspecified atom stereocenters. The average Bonchev–Trinajstić information content (AvgIpc) is 2.93. The number of benzene rings is 4. The molecule has 0 saturated carbocycles. The van der Waals surface area contributed by atoms with Crippen molar-refractivity contribution in [1.82, 2.24) is 5.32 Å². The summed E-state index contributed by atoms with van der Waals surface area (Å²) in [4.78, 5) is 13.2. The fourth-order valence-electron chi connectivity index (χ4n) is 4.70. The summed E-state index contributed by atoms with van der Waals surface area (Å²) in [5, 5.41) is 3.18. The van der Waals surface area contributed by atoms with Crippen molar-refractivity contribution in [2.24, 2.45) is 0 Å². The smallest absolute Gasteiger partial charge is 0.264 e. The third-order valence-corrected chi connectivity index (χ3v) is 8.38. The minimum atomic E-state index is -3.77. The van der Waals surface area contributed by atoms with Gasteiger partial charge in [0.25, 0.3) is 15.9 Å². The highest BCUT2D eigenvalue weighted by molar-refractivity contribution is 7.92. The second kappa shape index (κ2) is 10.4. The van der Waals surface area contributed by atoms with E-state index in [1.54, 1.807) is 54.6 Å². The van der Waals surface area contributed by atoms with Gasteiger partial charge >= 0.3 is 0 Å². The number of carbonyl (C=O) groups excluding carboxylic acids is 1. The van der Waals surface area contributed by atoms with Crippen molar-refractivity contribution in [3.63, 3.8) is 0 Å². The molecule has 1 aliphatic carbocycles. The van der Waals surface area contributed by atoms with Gasteiger partial charge in [-0.2, -0.15) is 0 Å². The van der Waals surface area contributed by atoms with Gasteiger partial charge in [-0.05, 0) is 72.4 Å². The maximum atomic E-state index is 13.5. The van der Waals surface area contributed by atoms with E-state index in [4.69, 9.17) is 0 Å². The van der Waals surface area contributed by atoms with Crippen LogP contribution in [-0.2, 0) is 23.0 Å². The maximum absolute atomic E-state index is 13.5.